The summed E-state index contributed by atoms with van der Waals surface area (Å²) in [7, 11) is 0. The van der Waals surface area contributed by atoms with Crippen LogP contribution in [-0.2, 0) is 10.9 Å². The third kappa shape index (κ3) is 4.42. The number of carbonyl (C=O) groups is 1. The Kier molecular flexibility index (Phi) is 4.23. The molecule has 0 aliphatic heterocycles. The van der Waals surface area contributed by atoms with E-state index in [2.05, 4.69) is 10.3 Å². The molecule has 8 heteroatoms. The molecule has 0 atom stereocenters. The summed E-state index contributed by atoms with van der Waals surface area (Å²) >= 11 is 0. The number of rotatable bonds is 1. The number of halogens is 3. The standard InChI is InChI=1S/C12H12F3N3O2/c1-11(2,3)20-10(19)18-9-4-7(5-16)8(6-17-9)12(13,14)15/h4,6H,1-3H3,(H,17,18,19). The van der Waals surface area contributed by atoms with Gasteiger partial charge in [-0.1, -0.05) is 0 Å². The number of ether oxygens (including phenoxy) is 1. The van der Waals surface area contributed by atoms with Gasteiger partial charge in [-0.05, 0) is 26.8 Å². The van der Waals surface area contributed by atoms with Crippen molar-refractivity contribution in [3.05, 3.63) is 23.4 Å². The fourth-order valence-corrected chi connectivity index (χ4v) is 1.25. The molecule has 0 aliphatic carbocycles. The lowest BCUT2D eigenvalue weighted by atomic mass is 10.1. The van der Waals surface area contributed by atoms with Gasteiger partial charge in [-0.3, -0.25) is 5.32 Å². The van der Waals surface area contributed by atoms with Crippen LogP contribution < -0.4 is 5.32 Å². The van der Waals surface area contributed by atoms with Gasteiger partial charge >= 0.3 is 12.3 Å². The third-order valence-corrected chi connectivity index (χ3v) is 1.96. The quantitative estimate of drug-likeness (QED) is 0.859. The van der Waals surface area contributed by atoms with Crippen LogP contribution in [-0.4, -0.2) is 16.7 Å². The lowest BCUT2D eigenvalue weighted by Gasteiger charge is -2.19. The number of nitrogens with one attached hydrogen (secondary N) is 1. The van der Waals surface area contributed by atoms with Crippen LogP contribution in [0.1, 0.15) is 31.9 Å². The molecule has 0 radical (unpaired) electrons. The van der Waals surface area contributed by atoms with E-state index in [0.717, 1.165) is 6.07 Å². The molecule has 0 spiro atoms. The van der Waals surface area contributed by atoms with Gasteiger partial charge in [0.25, 0.3) is 0 Å². The molecule has 0 fully saturated rings. The fourth-order valence-electron chi connectivity index (χ4n) is 1.25. The van der Waals surface area contributed by atoms with Crippen LogP contribution in [0.2, 0.25) is 0 Å². The minimum Gasteiger partial charge on any atom is -0.444 e. The van der Waals surface area contributed by atoms with E-state index >= 15 is 0 Å². The maximum absolute atomic E-state index is 12.5. The molecular formula is C12H12F3N3O2. The summed E-state index contributed by atoms with van der Waals surface area (Å²) in [6.07, 6.45) is -5.05. The zero-order valence-electron chi connectivity index (χ0n) is 11.0. The summed E-state index contributed by atoms with van der Waals surface area (Å²) in [4.78, 5) is 14.9. The summed E-state index contributed by atoms with van der Waals surface area (Å²) < 4.78 is 42.6. The molecule has 20 heavy (non-hydrogen) atoms. The lowest BCUT2D eigenvalue weighted by Crippen LogP contribution is -2.27. The van der Waals surface area contributed by atoms with Crippen LogP contribution in [0.15, 0.2) is 12.3 Å². The first-order chi connectivity index (χ1) is 9.03. The van der Waals surface area contributed by atoms with Gasteiger partial charge in [-0.15, -0.1) is 0 Å². The Labute approximate surface area is 113 Å². The van der Waals surface area contributed by atoms with Crippen LogP contribution in [0.3, 0.4) is 0 Å². The summed E-state index contributed by atoms with van der Waals surface area (Å²) in [6.45, 7) is 4.90. The number of carbonyl (C=O) groups excluding carboxylic acids is 1. The second-order valence-electron chi connectivity index (χ2n) is 4.85. The normalized spacial score (nSPS) is 11.7. The van der Waals surface area contributed by atoms with E-state index in [9.17, 15) is 18.0 Å². The molecule has 0 aliphatic rings. The number of nitriles is 1. The second-order valence-corrected chi connectivity index (χ2v) is 4.85. The maximum Gasteiger partial charge on any atom is 0.419 e. The number of pyridine rings is 1. The first-order valence-corrected chi connectivity index (χ1v) is 5.50. The van der Waals surface area contributed by atoms with Crippen molar-refractivity contribution in [3.8, 4) is 6.07 Å². The van der Waals surface area contributed by atoms with Crippen molar-refractivity contribution < 1.29 is 22.7 Å². The smallest absolute Gasteiger partial charge is 0.419 e. The highest BCUT2D eigenvalue weighted by molar-refractivity contribution is 5.83. The Morgan fingerprint density at radius 3 is 2.45 bits per heavy atom. The lowest BCUT2D eigenvalue weighted by molar-refractivity contribution is -0.138. The van der Waals surface area contributed by atoms with Crippen molar-refractivity contribution in [2.24, 2.45) is 0 Å². The highest BCUT2D eigenvalue weighted by atomic mass is 19.4. The second kappa shape index (κ2) is 5.36. The molecule has 1 aromatic rings. The fraction of sp³-hybridized carbons (Fsp3) is 0.417. The Balaban J connectivity index is 2.96. The van der Waals surface area contributed by atoms with Gasteiger partial charge in [0, 0.05) is 6.20 Å². The Bertz CT molecular complexity index is 557. The van der Waals surface area contributed by atoms with E-state index in [0.29, 0.717) is 6.20 Å². The number of alkyl halides is 3. The van der Waals surface area contributed by atoms with Crippen molar-refractivity contribution in [3.63, 3.8) is 0 Å². The molecule has 0 saturated heterocycles. The van der Waals surface area contributed by atoms with Crippen molar-refractivity contribution >= 4 is 11.9 Å². The number of amides is 1. The van der Waals surface area contributed by atoms with Gasteiger partial charge in [0.05, 0.1) is 17.2 Å². The summed E-state index contributed by atoms with van der Waals surface area (Å²) in [5.41, 5.74) is -2.54. The first kappa shape index (κ1) is 15.8. The Hall–Kier alpha value is -2.30. The zero-order chi connectivity index (χ0) is 15.6. The Morgan fingerprint density at radius 2 is 2.00 bits per heavy atom. The molecule has 0 aromatic carbocycles. The van der Waals surface area contributed by atoms with E-state index in [4.69, 9.17) is 10.00 Å². The first-order valence-electron chi connectivity index (χ1n) is 5.50. The van der Waals surface area contributed by atoms with Gasteiger partial charge < -0.3 is 4.74 Å². The molecule has 1 aromatic heterocycles. The van der Waals surface area contributed by atoms with E-state index in [-0.39, 0.29) is 5.82 Å². The molecule has 1 N–H and O–H groups in total. The van der Waals surface area contributed by atoms with Crippen LogP contribution in [0.25, 0.3) is 0 Å². The van der Waals surface area contributed by atoms with Crippen molar-refractivity contribution in [1.29, 1.82) is 5.26 Å². The molecule has 0 saturated carbocycles. The molecule has 1 heterocycles. The van der Waals surface area contributed by atoms with Gasteiger partial charge in [-0.25, -0.2) is 9.78 Å². The third-order valence-electron chi connectivity index (χ3n) is 1.96. The minimum absolute atomic E-state index is 0.191. The SMILES string of the molecule is CC(C)(C)OC(=O)Nc1cc(C#N)c(C(F)(F)F)cn1. The number of hydrogen-bond acceptors (Lipinski definition) is 4. The average molecular weight is 287 g/mol. The van der Waals surface area contributed by atoms with Gasteiger partial charge in [0.2, 0.25) is 0 Å². The van der Waals surface area contributed by atoms with Crippen molar-refractivity contribution in [2.45, 2.75) is 32.5 Å². The van der Waals surface area contributed by atoms with Crippen LogP contribution in [0.4, 0.5) is 23.8 Å². The van der Waals surface area contributed by atoms with Crippen LogP contribution in [0, 0.1) is 11.3 Å². The molecule has 1 amide bonds. The van der Waals surface area contributed by atoms with Crippen LogP contribution in [0.5, 0.6) is 0 Å². The summed E-state index contributed by atoms with van der Waals surface area (Å²) in [5, 5.41) is 10.9. The Morgan fingerprint density at radius 1 is 1.40 bits per heavy atom. The van der Waals surface area contributed by atoms with Gasteiger partial charge in [0.1, 0.15) is 11.4 Å². The summed E-state index contributed by atoms with van der Waals surface area (Å²) in [6, 6.07) is 2.25. The average Bonchev–Trinajstić information content (AvgIpc) is 2.24. The zero-order valence-corrected chi connectivity index (χ0v) is 11.0. The predicted octanol–water partition coefficient (Wildman–Crippen LogP) is 3.32. The van der Waals surface area contributed by atoms with Gasteiger partial charge in [-0.2, -0.15) is 18.4 Å². The number of anilines is 1. The molecule has 1 rings (SSSR count). The maximum atomic E-state index is 12.5. The van der Waals surface area contributed by atoms with E-state index < -0.39 is 29.0 Å². The molecular weight excluding hydrogens is 275 g/mol. The topological polar surface area (TPSA) is 75.0 Å². The minimum atomic E-state index is -4.68. The molecule has 0 unspecified atom stereocenters. The van der Waals surface area contributed by atoms with Crippen molar-refractivity contribution in [1.82, 2.24) is 4.98 Å². The monoisotopic (exact) mass is 287 g/mol. The molecule has 5 nitrogen and oxygen atoms in total. The molecule has 0 bridgehead atoms. The summed E-state index contributed by atoms with van der Waals surface area (Å²) in [5.74, 6) is -0.191. The van der Waals surface area contributed by atoms with E-state index in [1.807, 2.05) is 0 Å². The number of hydrogen-bond donors (Lipinski definition) is 1. The highest BCUT2D eigenvalue weighted by Crippen LogP contribution is 2.32. The highest BCUT2D eigenvalue weighted by Gasteiger charge is 2.34. The largest absolute Gasteiger partial charge is 0.444 e. The number of aromatic nitrogens is 1. The molecule has 108 valence electrons. The van der Waals surface area contributed by atoms with E-state index in [1.165, 1.54) is 6.07 Å². The van der Waals surface area contributed by atoms with E-state index in [1.54, 1.807) is 20.8 Å². The van der Waals surface area contributed by atoms with Crippen LogP contribution >= 0.6 is 0 Å². The van der Waals surface area contributed by atoms with Crippen molar-refractivity contribution in [2.75, 3.05) is 5.32 Å². The number of nitrogens with zero attached hydrogens (tertiary/aromatic N) is 2. The predicted molar refractivity (Wildman–Crippen MR) is 63.8 cm³/mol. The van der Waals surface area contributed by atoms with Gasteiger partial charge in [0.15, 0.2) is 0 Å².